The van der Waals surface area contributed by atoms with Gasteiger partial charge in [-0.1, -0.05) is 34.1 Å². The summed E-state index contributed by atoms with van der Waals surface area (Å²) in [7, 11) is 4.96. The highest BCUT2D eigenvalue weighted by atomic mass is 79.9. The Labute approximate surface area is 134 Å². The maximum absolute atomic E-state index is 5.35. The van der Waals surface area contributed by atoms with Crippen LogP contribution in [0.25, 0.3) is 0 Å². The topological polar surface area (TPSA) is 27.7 Å². The molecule has 3 nitrogen and oxygen atoms in total. The number of ether oxygens (including phenoxy) is 3. The van der Waals surface area contributed by atoms with Gasteiger partial charge < -0.3 is 14.2 Å². The van der Waals surface area contributed by atoms with Crippen molar-refractivity contribution in [2.75, 3.05) is 21.3 Å². The molecule has 0 heterocycles. The van der Waals surface area contributed by atoms with Crippen molar-refractivity contribution in [1.82, 2.24) is 0 Å². The van der Waals surface area contributed by atoms with E-state index in [4.69, 9.17) is 14.2 Å². The summed E-state index contributed by atoms with van der Waals surface area (Å²) in [5.41, 5.74) is 2.36. The van der Waals surface area contributed by atoms with Crippen LogP contribution in [0.5, 0.6) is 17.2 Å². The Morgan fingerprint density at radius 3 is 2.33 bits per heavy atom. The Kier molecular flexibility index (Phi) is 5.51. The van der Waals surface area contributed by atoms with Crippen molar-refractivity contribution in [3.05, 3.63) is 53.6 Å². The predicted molar refractivity (Wildman–Crippen MR) is 87.9 cm³/mol. The SMILES string of the molecule is COc1cccc(CC(Br)c2ccc(OC)c(OC)c2)c1. The fraction of sp³-hybridized carbons (Fsp3) is 0.294. The lowest BCUT2D eigenvalue weighted by molar-refractivity contribution is 0.354. The maximum atomic E-state index is 5.35. The normalized spacial score (nSPS) is 11.8. The quantitative estimate of drug-likeness (QED) is 0.723. The summed E-state index contributed by atoms with van der Waals surface area (Å²) in [6.45, 7) is 0. The van der Waals surface area contributed by atoms with Gasteiger partial charge in [-0.3, -0.25) is 0 Å². The van der Waals surface area contributed by atoms with Crippen LogP contribution in [0.15, 0.2) is 42.5 Å². The fourth-order valence-corrected chi connectivity index (χ4v) is 2.83. The molecule has 0 aromatic heterocycles. The van der Waals surface area contributed by atoms with Gasteiger partial charge in [0.15, 0.2) is 11.5 Å². The zero-order valence-electron chi connectivity index (χ0n) is 12.4. The van der Waals surface area contributed by atoms with Crippen LogP contribution in [0.3, 0.4) is 0 Å². The second kappa shape index (κ2) is 7.36. The molecule has 2 aromatic rings. The van der Waals surface area contributed by atoms with Crippen LogP contribution in [-0.4, -0.2) is 21.3 Å². The number of rotatable bonds is 6. The Morgan fingerprint density at radius 1 is 0.905 bits per heavy atom. The average molecular weight is 351 g/mol. The molecule has 0 spiro atoms. The zero-order chi connectivity index (χ0) is 15.2. The van der Waals surface area contributed by atoms with Crippen LogP contribution in [0.2, 0.25) is 0 Å². The van der Waals surface area contributed by atoms with Crippen molar-refractivity contribution < 1.29 is 14.2 Å². The van der Waals surface area contributed by atoms with Gasteiger partial charge in [-0.05, 0) is 41.8 Å². The van der Waals surface area contributed by atoms with E-state index < -0.39 is 0 Å². The van der Waals surface area contributed by atoms with E-state index in [1.54, 1.807) is 21.3 Å². The van der Waals surface area contributed by atoms with Gasteiger partial charge in [-0.25, -0.2) is 0 Å². The lowest BCUT2D eigenvalue weighted by Crippen LogP contribution is -1.98. The Hall–Kier alpha value is -1.68. The Morgan fingerprint density at radius 2 is 1.67 bits per heavy atom. The summed E-state index contributed by atoms with van der Waals surface area (Å²) < 4.78 is 15.9. The third kappa shape index (κ3) is 3.91. The molecule has 1 unspecified atom stereocenters. The van der Waals surface area contributed by atoms with Crippen LogP contribution < -0.4 is 14.2 Å². The van der Waals surface area contributed by atoms with Crippen molar-refractivity contribution in [3.63, 3.8) is 0 Å². The molecule has 2 aromatic carbocycles. The molecule has 112 valence electrons. The van der Waals surface area contributed by atoms with Gasteiger partial charge in [0, 0.05) is 4.83 Å². The first kappa shape index (κ1) is 15.7. The molecular formula is C17H19BrO3. The lowest BCUT2D eigenvalue weighted by atomic mass is 10.0. The number of benzene rings is 2. The third-order valence-corrected chi connectivity index (χ3v) is 4.17. The maximum Gasteiger partial charge on any atom is 0.161 e. The number of methoxy groups -OCH3 is 3. The first-order valence-corrected chi connectivity index (χ1v) is 7.58. The number of alkyl halides is 1. The molecule has 0 aliphatic heterocycles. The second-order valence-electron chi connectivity index (χ2n) is 4.64. The van der Waals surface area contributed by atoms with Crippen LogP contribution in [0, 0.1) is 0 Å². The summed E-state index contributed by atoms with van der Waals surface area (Å²) in [6.07, 6.45) is 0.868. The van der Waals surface area contributed by atoms with Gasteiger partial charge >= 0.3 is 0 Å². The van der Waals surface area contributed by atoms with Crippen molar-refractivity contribution in [3.8, 4) is 17.2 Å². The average Bonchev–Trinajstić information content (AvgIpc) is 2.54. The fourth-order valence-electron chi connectivity index (χ4n) is 2.17. The summed E-state index contributed by atoms with van der Waals surface area (Å²) >= 11 is 3.74. The van der Waals surface area contributed by atoms with E-state index in [1.807, 2.05) is 30.3 Å². The van der Waals surface area contributed by atoms with E-state index in [2.05, 4.69) is 28.1 Å². The van der Waals surface area contributed by atoms with Crippen LogP contribution in [0.4, 0.5) is 0 Å². The molecule has 0 radical (unpaired) electrons. The molecule has 0 aliphatic rings. The molecule has 0 saturated carbocycles. The van der Waals surface area contributed by atoms with Crippen molar-refractivity contribution in [2.45, 2.75) is 11.2 Å². The zero-order valence-corrected chi connectivity index (χ0v) is 14.0. The molecular weight excluding hydrogens is 332 g/mol. The number of hydrogen-bond acceptors (Lipinski definition) is 3. The van der Waals surface area contributed by atoms with Gasteiger partial charge in [0.25, 0.3) is 0 Å². The van der Waals surface area contributed by atoms with Gasteiger partial charge in [-0.15, -0.1) is 0 Å². The molecule has 4 heteroatoms. The van der Waals surface area contributed by atoms with E-state index in [0.717, 1.165) is 29.2 Å². The van der Waals surface area contributed by atoms with Gasteiger partial charge in [0.1, 0.15) is 5.75 Å². The molecule has 0 amide bonds. The summed E-state index contributed by atoms with van der Waals surface area (Å²) in [5, 5.41) is 0. The van der Waals surface area contributed by atoms with Gasteiger partial charge in [0.05, 0.1) is 21.3 Å². The molecule has 0 aliphatic carbocycles. The minimum atomic E-state index is 0.199. The highest BCUT2D eigenvalue weighted by Gasteiger charge is 2.12. The lowest BCUT2D eigenvalue weighted by Gasteiger charge is -2.14. The first-order valence-electron chi connectivity index (χ1n) is 6.67. The van der Waals surface area contributed by atoms with Crippen molar-refractivity contribution >= 4 is 15.9 Å². The summed E-state index contributed by atoms with van der Waals surface area (Å²) in [6, 6.07) is 14.1. The summed E-state index contributed by atoms with van der Waals surface area (Å²) in [5.74, 6) is 2.35. The van der Waals surface area contributed by atoms with E-state index in [1.165, 1.54) is 5.56 Å². The largest absolute Gasteiger partial charge is 0.497 e. The molecule has 0 fully saturated rings. The molecule has 0 N–H and O–H groups in total. The standard InChI is InChI=1S/C17H19BrO3/c1-19-14-6-4-5-12(9-14)10-15(18)13-7-8-16(20-2)17(11-13)21-3/h4-9,11,15H,10H2,1-3H3. The highest BCUT2D eigenvalue weighted by Crippen LogP contribution is 2.34. The summed E-state index contributed by atoms with van der Waals surface area (Å²) in [4.78, 5) is 0.199. The molecule has 1 atom stereocenters. The molecule has 21 heavy (non-hydrogen) atoms. The predicted octanol–water partition coefficient (Wildman–Crippen LogP) is 4.39. The van der Waals surface area contributed by atoms with E-state index >= 15 is 0 Å². The second-order valence-corrected chi connectivity index (χ2v) is 5.74. The minimum Gasteiger partial charge on any atom is -0.497 e. The number of hydrogen-bond donors (Lipinski definition) is 0. The molecule has 0 saturated heterocycles. The van der Waals surface area contributed by atoms with Gasteiger partial charge in [-0.2, -0.15) is 0 Å². The first-order chi connectivity index (χ1) is 10.2. The van der Waals surface area contributed by atoms with Crippen LogP contribution in [-0.2, 0) is 6.42 Å². The minimum absolute atomic E-state index is 0.199. The molecule has 0 bridgehead atoms. The van der Waals surface area contributed by atoms with E-state index in [-0.39, 0.29) is 4.83 Å². The van der Waals surface area contributed by atoms with E-state index in [0.29, 0.717) is 0 Å². The van der Waals surface area contributed by atoms with Crippen molar-refractivity contribution in [2.24, 2.45) is 0 Å². The molecule has 2 rings (SSSR count). The number of halogens is 1. The monoisotopic (exact) mass is 350 g/mol. The van der Waals surface area contributed by atoms with E-state index in [9.17, 15) is 0 Å². The van der Waals surface area contributed by atoms with Crippen molar-refractivity contribution in [1.29, 1.82) is 0 Å². The Bertz CT molecular complexity index is 598. The van der Waals surface area contributed by atoms with Crippen LogP contribution in [0.1, 0.15) is 16.0 Å². The Balaban J connectivity index is 2.17. The smallest absolute Gasteiger partial charge is 0.161 e. The third-order valence-electron chi connectivity index (χ3n) is 3.32. The van der Waals surface area contributed by atoms with Crippen LogP contribution >= 0.6 is 15.9 Å². The van der Waals surface area contributed by atoms with Gasteiger partial charge in [0.2, 0.25) is 0 Å². The highest BCUT2D eigenvalue weighted by molar-refractivity contribution is 9.09.